The maximum atomic E-state index is 13.9. The predicted octanol–water partition coefficient (Wildman–Crippen LogP) is 4.73. The molecule has 36 heavy (non-hydrogen) atoms. The highest BCUT2D eigenvalue weighted by Crippen LogP contribution is 2.34. The number of imide groups is 1. The molecule has 182 valence electrons. The van der Waals surface area contributed by atoms with Gasteiger partial charge < -0.3 is 14.8 Å². The van der Waals surface area contributed by atoms with E-state index in [1.165, 1.54) is 43.5 Å². The van der Waals surface area contributed by atoms with Crippen molar-refractivity contribution in [3.05, 3.63) is 94.6 Å². The number of hydrogen-bond acceptors (Lipinski definition) is 7. The van der Waals surface area contributed by atoms with Crippen LogP contribution in [0.25, 0.3) is 6.08 Å². The Kier molecular flexibility index (Phi) is 7.45. The molecule has 0 aliphatic carbocycles. The molecule has 1 N–H and O–H groups in total. The standard InChI is InChI=1S/C26H19FN2O6S/c1-34-21-13-16(11-12-20(21)35-25(32)18-9-5-6-10-19(18)27)14-22-24(31)29(26(33)36-22)15-23(30)28-17-7-3-2-4-8-17/h2-14H,15H2,1H3,(H,28,30)/b22-14-. The van der Waals surface area contributed by atoms with Crippen molar-refractivity contribution >= 4 is 46.5 Å². The van der Waals surface area contributed by atoms with Crippen molar-refractivity contribution in [3.63, 3.8) is 0 Å². The van der Waals surface area contributed by atoms with Gasteiger partial charge in [0, 0.05) is 5.69 Å². The molecule has 0 radical (unpaired) electrons. The normalized spacial score (nSPS) is 14.2. The second-order valence-corrected chi connectivity index (χ2v) is 8.45. The molecule has 3 aromatic rings. The molecule has 1 aliphatic rings. The molecule has 8 nitrogen and oxygen atoms in total. The SMILES string of the molecule is COc1cc(/C=C2\SC(=O)N(CC(=O)Nc3ccccc3)C2=O)ccc1OC(=O)c1ccccc1F. The summed E-state index contributed by atoms with van der Waals surface area (Å²) in [6.07, 6.45) is 1.46. The van der Waals surface area contributed by atoms with Crippen LogP contribution in [0.5, 0.6) is 11.5 Å². The fourth-order valence-corrected chi connectivity index (χ4v) is 4.13. The monoisotopic (exact) mass is 506 g/mol. The summed E-state index contributed by atoms with van der Waals surface area (Å²) in [6.45, 7) is -0.425. The van der Waals surface area contributed by atoms with E-state index < -0.39 is 35.4 Å². The third-order valence-electron chi connectivity index (χ3n) is 5.01. The summed E-state index contributed by atoms with van der Waals surface area (Å²) in [6, 6.07) is 18.6. The summed E-state index contributed by atoms with van der Waals surface area (Å²) in [5.74, 6) is -2.52. The van der Waals surface area contributed by atoms with Crippen LogP contribution in [0.1, 0.15) is 15.9 Å². The van der Waals surface area contributed by atoms with Crippen LogP contribution in [0.3, 0.4) is 0 Å². The lowest BCUT2D eigenvalue weighted by atomic mass is 10.1. The number of nitrogens with zero attached hydrogens (tertiary/aromatic N) is 1. The number of methoxy groups -OCH3 is 1. The molecule has 1 saturated heterocycles. The summed E-state index contributed by atoms with van der Waals surface area (Å²) in [7, 11) is 1.36. The maximum absolute atomic E-state index is 13.9. The smallest absolute Gasteiger partial charge is 0.346 e. The molecule has 3 amide bonds. The van der Waals surface area contributed by atoms with E-state index in [1.807, 2.05) is 0 Å². The minimum absolute atomic E-state index is 0.0496. The van der Waals surface area contributed by atoms with Crippen LogP contribution in [0.15, 0.2) is 77.7 Å². The van der Waals surface area contributed by atoms with Gasteiger partial charge in [-0.2, -0.15) is 0 Å². The predicted molar refractivity (Wildman–Crippen MR) is 132 cm³/mol. The molecule has 0 atom stereocenters. The number of amides is 3. The van der Waals surface area contributed by atoms with E-state index in [0.29, 0.717) is 23.0 Å². The van der Waals surface area contributed by atoms with Crippen molar-refractivity contribution < 1.29 is 33.0 Å². The Morgan fingerprint density at radius 2 is 1.72 bits per heavy atom. The molecule has 1 aliphatic heterocycles. The number of para-hydroxylation sites is 1. The lowest BCUT2D eigenvalue weighted by molar-refractivity contribution is -0.127. The third kappa shape index (κ3) is 5.61. The molecule has 3 aromatic carbocycles. The van der Waals surface area contributed by atoms with Gasteiger partial charge in [0.1, 0.15) is 12.4 Å². The van der Waals surface area contributed by atoms with Crippen LogP contribution in [0.4, 0.5) is 14.9 Å². The second-order valence-electron chi connectivity index (χ2n) is 7.46. The van der Waals surface area contributed by atoms with Gasteiger partial charge in [0.05, 0.1) is 17.6 Å². The van der Waals surface area contributed by atoms with Crippen LogP contribution >= 0.6 is 11.8 Å². The van der Waals surface area contributed by atoms with E-state index in [1.54, 1.807) is 36.4 Å². The molecular formula is C26H19FN2O6S. The minimum atomic E-state index is -0.894. The van der Waals surface area contributed by atoms with Gasteiger partial charge in [-0.05, 0) is 59.8 Å². The van der Waals surface area contributed by atoms with Gasteiger partial charge in [0.25, 0.3) is 11.1 Å². The zero-order valence-corrected chi connectivity index (χ0v) is 19.7. The Morgan fingerprint density at radius 3 is 2.44 bits per heavy atom. The van der Waals surface area contributed by atoms with Crippen molar-refractivity contribution in [2.24, 2.45) is 0 Å². The van der Waals surface area contributed by atoms with Crippen LogP contribution in [0.2, 0.25) is 0 Å². The Morgan fingerprint density at radius 1 is 1.00 bits per heavy atom. The van der Waals surface area contributed by atoms with Gasteiger partial charge in [-0.25, -0.2) is 9.18 Å². The van der Waals surface area contributed by atoms with Crippen molar-refractivity contribution in [2.45, 2.75) is 0 Å². The molecule has 1 heterocycles. The van der Waals surface area contributed by atoms with Crippen LogP contribution in [-0.4, -0.2) is 41.6 Å². The van der Waals surface area contributed by atoms with E-state index in [2.05, 4.69) is 5.32 Å². The largest absolute Gasteiger partial charge is 0.493 e. The first kappa shape index (κ1) is 24.7. The molecule has 0 spiro atoms. The zero-order valence-electron chi connectivity index (χ0n) is 18.9. The summed E-state index contributed by atoms with van der Waals surface area (Å²) in [4.78, 5) is 50.7. The number of rotatable bonds is 7. The van der Waals surface area contributed by atoms with E-state index in [4.69, 9.17) is 9.47 Å². The van der Waals surface area contributed by atoms with Gasteiger partial charge >= 0.3 is 5.97 Å². The fraction of sp³-hybridized carbons (Fsp3) is 0.0769. The highest BCUT2D eigenvalue weighted by molar-refractivity contribution is 8.18. The van der Waals surface area contributed by atoms with E-state index >= 15 is 0 Å². The van der Waals surface area contributed by atoms with Crippen molar-refractivity contribution in [1.29, 1.82) is 0 Å². The highest BCUT2D eigenvalue weighted by Gasteiger charge is 2.36. The van der Waals surface area contributed by atoms with Crippen LogP contribution in [-0.2, 0) is 9.59 Å². The van der Waals surface area contributed by atoms with Gasteiger partial charge in [-0.3, -0.25) is 19.3 Å². The lowest BCUT2D eigenvalue weighted by Crippen LogP contribution is -2.36. The van der Waals surface area contributed by atoms with Gasteiger partial charge in [-0.15, -0.1) is 0 Å². The Bertz CT molecular complexity index is 1380. The molecule has 0 bridgehead atoms. The number of thioether (sulfide) groups is 1. The first-order chi connectivity index (χ1) is 17.4. The number of carbonyl (C=O) groups excluding carboxylic acids is 4. The molecule has 0 aromatic heterocycles. The quantitative estimate of drug-likeness (QED) is 0.281. The highest BCUT2D eigenvalue weighted by atomic mass is 32.2. The Labute approximate surface area is 209 Å². The molecule has 0 unspecified atom stereocenters. The average molecular weight is 507 g/mol. The summed E-state index contributed by atoms with van der Waals surface area (Å²) in [5, 5.41) is 2.06. The number of nitrogens with one attached hydrogen (secondary N) is 1. The second kappa shape index (κ2) is 10.9. The van der Waals surface area contributed by atoms with Crippen LogP contribution < -0.4 is 14.8 Å². The van der Waals surface area contributed by atoms with Crippen LogP contribution in [0, 0.1) is 5.82 Å². The topological polar surface area (TPSA) is 102 Å². The van der Waals surface area contributed by atoms with Gasteiger partial charge in [0.2, 0.25) is 5.91 Å². The Balaban J connectivity index is 1.47. The average Bonchev–Trinajstić information content (AvgIpc) is 3.12. The first-order valence-corrected chi connectivity index (χ1v) is 11.4. The number of halogens is 1. The molecular weight excluding hydrogens is 487 g/mol. The molecule has 4 rings (SSSR count). The number of ether oxygens (including phenoxy) is 2. The molecule has 10 heteroatoms. The number of hydrogen-bond donors (Lipinski definition) is 1. The van der Waals surface area contributed by atoms with E-state index in [9.17, 15) is 23.6 Å². The number of esters is 1. The number of carbonyl (C=O) groups is 4. The fourth-order valence-electron chi connectivity index (χ4n) is 3.29. The van der Waals surface area contributed by atoms with Crippen molar-refractivity contribution in [2.75, 3.05) is 19.0 Å². The third-order valence-corrected chi connectivity index (χ3v) is 5.92. The van der Waals surface area contributed by atoms with Crippen molar-refractivity contribution in [3.8, 4) is 11.5 Å². The van der Waals surface area contributed by atoms with Crippen molar-refractivity contribution in [1.82, 2.24) is 4.90 Å². The minimum Gasteiger partial charge on any atom is -0.493 e. The molecule has 0 saturated carbocycles. The Hall–Kier alpha value is -4.44. The summed E-state index contributed by atoms with van der Waals surface area (Å²) < 4.78 is 24.4. The molecule has 1 fully saturated rings. The van der Waals surface area contributed by atoms with E-state index in [0.717, 1.165) is 11.0 Å². The summed E-state index contributed by atoms with van der Waals surface area (Å²) in [5.41, 5.74) is 0.804. The number of anilines is 1. The zero-order chi connectivity index (χ0) is 25.7. The van der Waals surface area contributed by atoms with Gasteiger partial charge in [0.15, 0.2) is 11.5 Å². The first-order valence-electron chi connectivity index (χ1n) is 10.6. The lowest BCUT2D eigenvalue weighted by Gasteiger charge is -2.12. The number of benzene rings is 3. The van der Waals surface area contributed by atoms with E-state index in [-0.39, 0.29) is 22.0 Å². The summed E-state index contributed by atoms with van der Waals surface area (Å²) >= 11 is 0.703. The van der Waals surface area contributed by atoms with Gasteiger partial charge in [-0.1, -0.05) is 36.4 Å². The maximum Gasteiger partial charge on any atom is 0.346 e.